The van der Waals surface area contributed by atoms with Crippen molar-refractivity contribution in [3.05, 3.63) is 0 Å². The molecule has 0 aromatic heterocycles. The van der Waals surface area contributed by atoms with Gasteiger partial charge in [-0.1, -0.05) is 0 Å². The van der Waals surface area contributed by atoms with Crippen LogP contribution in [0.5, 0.6) is 0 Å². The number of amides is 4. The molecule has 11 heteroatoms. The van der Waals surface area contributed by atoms with Crippen LogP contribution in [0.15, 0.2) is 0 Å². The highest BCUT2D eigenvalue weighted by Crippen LogP contribution is 2.17. The quantitative estimate of drug-likeness (QED) is 0.281. The summed E-state index contributed by atoms with van der Waals surface area (Å²) < 4.78 is 4.45. The molecule has 1 saturated heterocycles. The normalized spacial score (nSPS) is 16.6. The van der Waals surface area contributed by atoms with Crippen molar-refractivity contribution in [1.82, 2.24) is 20.9 Å². The van der Waals surface area contributed by atoms with E-state index in [1.165, 1.54) is 18.9 Å². The molecule has 1 heterocycles. The van der Waals surface area contributed by atoms with Gasteiger partial charge in [0.2, 0.25) is 23.6 Å². The molecule has 0 radical (unpaired) electrons. The predicted octanol–water partition coefficient (Wildman–Crippen LogP) is -2.13. The van der Waals surface area contributed by atoms with Gasteiger partial charge < -0.3 is 30.4 Å². The Balaban J connectivity index is 2.58. The highest BCUT2D eigenvalue weighted by molar-refractivity contribution is 5.93. The van der Waals surface area contributed by atoms with Crippen LogP contribution in [-0.2, 0) is 33.5 Å². The third-order valence-electron chi connectivity index (χ3n) is 4.19. The Kier molecular flexibility index (Phi) is 9.61. The van der Waals surface area contributed by atoms with Crippen LogP contribution in [0, 0.1) is 0 Å². The van der Waals surface area contributed by atoms with Crippen molar-refractivity contribution < 1.29 is 33.5 Å². The number of rotatable bonds is 10. The first kappa shape index (κ1) is 23.1. The third-order valence-corrected chi connectivity index (χ3v) is 4.19. The van der Waals surface area contributed by atoms with E-state index in [4.69, 9.17) is 0 Å². The molecule has 0 bridgehead atoms. The zero-order chi connectivity index (χ0) is 21.1. The van der Waals surface area contributed by atoms with E-state index >= 15 is 0 Å². The number of likely N-dealkylation sites (tertiary alicyclic amines) is 1. The van der Waals surface area contributed by atoms with Gasteiger partial charge in [0, 0.05) is 19.9 Å². The van der Waals surface area contributed by atoms with E-state index in [9.17, 15) is 28.8 Å². The molecule has 3 N–H and O–H groups in total. The molecule has 0 aromatic rings. The average molecular weight is 398 g/mol. The first-order chi connectivity index (χ1) is 13.3. The van der Waals surface area contributed by atoms with Gasteiger partial charge in [0.15, 0.2) is 0 Å². The molecule has 1 fully saturated rings. The summed E-state index contributed by atoms with van der Waals surface area (Å²) in [5, 5.41) is 7.26. The van der Waals surface area contributed by atoms with Gasteiger partial charge in [-0.15, -0.1) is 0 Å². The van der Waals surface area contributed by atoms with Crippen molar-refractivity contribution in [3.8, 4) is 0 Å². The molecule has 0 aliphatic carbocycles. The van der Waals surface area contributed by atoms with Crippen LogP contribution in [0.2, 0.25) is 0 Å². The van der Waals surface area contributed by atoms with Crippen LogP contribution in [0.3, 0.4) is 0 Å². The molecule has 156 valence electrons. The van der Waals surface area contributed by atoms with E-state index in [0.717, 1.165) is 0 Å². The molecule has 1 aliphatic heterocycles. The fourth-order valence-electron chi connectivity index (χ4n) is 2.82. The molecule has 1 aliphatic rings. The van der Waals surface area contributed by atoms with Crippen LogP contribution in [0.4, 0.5) is 0 Å². The van der Waals surface area contributed by atoms with Gasteiger partial charge in [-0.25, -0.2) is 0 Å². The Labute approximate surface area is 162 Å². The second kappa shape index (κ2) is 11.7. The van der Waals surface area contributed by atoms with Crippen LogP contribution >= 0.6 is 0 Å². The summed E-state index contributed by atoms with van der Waals surface area (Å²) in [6, 6.07) is -1.65. The summed E-state index contributed by atoms with van der Waals surface area (Å²) in [4.78, 5) is 70.9. The van der Waals surface area contributed by atoms with Gasteiger partial charge in [-0.05, 0) is 19.3 Å². The number of nitrogens with zero attached hydrogens (tertiary/aromatic N) is 1. The van der Waals surface area contributed by atoms with Crippen molar-refractivity contribution in [2.75, 3.05) is 26.7 Å². The molecule has 0 spiro atoms. The standard InChI is InChI=1S/C17H26N4O7/c1-11(23)20-12(5-4-8-22)16(26)18-9-14(24)21-7-3-6-13(21)17(27)19-10-15(25)28-2/h8,12-13H,3-7,9-10H2,1-2H3,(H,18,26)(H,19,27)(H,20,23)/t12-,13?/m0/s1. The number of esters is 1. The Morgan fingerprint density at radius 2 is 1.89 bits per heavy atom. The SMILES string of the molecule is COC(=O)CNC(=O)C1CCCN1C(=O)CNC(=O)[C@H](CCC=O)NC(C)=O. The zero-order valence-corrected chi connectivity index (χ0v) is 16.0. The van der Waals surface area contributed by atoms with E-state index in [-0.39, 0.29) is 25.9 Å². The van der Waals surface area contributed by atoms with Crippen LogP contribution < -0.4 is 16.0 Å². The lowest BCUT2D eigenvalue weighted by Gasteiger charge is -2.24. The number of aldehydes is 1. The number of hydrogen-bond donors (Lipinski definition) is 3. The van der Waals surface area contributed by atoms with Crippen molar-refractivity contribution in [3.63, 3.8) is 0 Å². The zero-order valence-electron chi connectivity index (χ0n) is 16.0. The maximum atomic E-state index is 12.4. The van der Waals surface area contributed by atoms with Crippen molar-refractivity contribution >= 4 is 35.9 Å². The van der Waals surface area contributed by atoms with E-state index in [2.05, 4.69) is 20.7 Å². The summed E-state index contributed by atoms with van der Waals surface area (Å²) in [6.45, 7) is 0.954. The highest BCUT2D eigenvalue weighted by atomic mass is 16.5. The van der Waals surface area contributed by atoms with Crippen LogP contribution in [0.1, 0.15) is 32.6 Å². The summed E-state index contributed by atoms with van der Waals surface area (Å²) >= 11 is 0. The van der Waals surface area contributed by atoms with Crippen molar-refractivity contribution in [2.45, 2.75) is 44.7 Å². The third kappa shape index (κ3) is 7.33. The summed E-state index contributed by atoms with van der Waals surface area (Å²) in [7, 11) is 1.20. The van der Waals surface area contributed by atoms with Gasteiger partial charge in [-0.3, -0.25) is 24.0 Å². The Hall–Kier alpha value is -2.98. The topological polar surface area (TPSA) is 151 Å². The number of hydrogen-bond acceptors (Lipinski definition) is 7. The number of ether oxygens (including phenoxy) is 1. The molecule has 2 atom stereocenters. The monoisotopic (exact) mass is 398 g/mol. The first-order valence-electron chi connectivity index (χ1n) is 8.92. The Bertz CT molecular complexity index is 623. The molecule has 1 unspecified atom stereocenters. The minimum absolute atomic E-state index is 0.0842. The molecule has 28 heavy (non-hydrogen) atoms. The second-order valence-electron chi connectivity index (χ2n) is 6.25. The molecule has 4 amide bonds. The summed E-state index contributed by atoms with van der Waals surface area (Å²) in [5.74, 6) is -2.54. The average Bonchev–Trinajstić information content (AvgIpc) is 3.16. The van der Waals surface area contributed by atoms with E-state index in [1.54, 1.807) is 0 Å². The van der Waals surface area contributed by atoms with Crippen molar-refractivity contribution in [1.29, 1.82) is 0 Å². The van der Waals surface area contributed by atoms with Gasteiger partial charge in [0.1, 0.15) is 24.9 Å². The Morgan fingerprint density at radius 1 is 1.18 bits per heavy atom. The summed E-state index contributed by atoms with van der Waals surface area (Å²) in [6.07, 6.45) is 1.89. The number of nitrogens with one attached hydrogen (secondary N) is 3. The smallest absolute Gasteiger partial charge is 0.325 e. The molecule has 0 aromatic carbocycles. The van der Waals surface area contributed by atoms with Gasteiger partial charge in [-0.2, -0.15) is 0 Å². The van der Waals surface area contributed by atoms with Gasteiger partial charge >= 0.3 is 5.97 Å². The molecular weight excluding hydrogens is 372 g/mol. The number of carbonyl (C=O) groups is 6. The maximum Gasteiger partial charge on any atom is 0.325 e. The maximum absolute atomic E-state index is 12.4. The van der Waals surface area contributed by atoms with Gasteiger partial charge in [0.25, 0.3) is 0 Å². The molecular formula is C17H26N4O7. The fraction of sp³-hybridized carbons (Fsp3) is 0.647. The van der Waals surface area contributed by atoms with Crippen LogP contribution in [0.25, 0.3) is 0 Å². The lowest BCUT2D eigenvalue weighted by atomic mass is 10.1. The predicted molar refractivity (Wildman–Crippen MR) is 95.7 cm³/mol. The highest BCUT2D eigenvalue weighted by Gasteiger charge is 2.34. The van der Waals surface area contributed by atoms with Crippen LogP contribution in [-0.4, -0.2) is 79.6 Å². The Morgan fingerprint density at radius 3 is 2.50 bits per heavy atom. The minimum atomic E-state index is -0.923. The molecule has 0 saturated carbocycles. The van der Waals surface area contributed by atoms with Gasteiger partial charge in [0.05, 0.1) is 13.7 Å². The van der Waals surface area contributed by atoms with Crippen molar-refractivity contribution in [2.24, 2.45) is 0 Å². The largest absolute Gasteiger partial charge is 0.468 e. The first-order valence-corrected chi connectivity index (χ1v) is 8.92. The molecule has 11 nitrogen and oxygen atoms in total. The lowest BCUT2D eigenvalue weighted by molar-refractivity contribution is -0.143. The number of carbonyl (C=O) groups excluding carboxylic acids is 6. The second-order valence-corrected chi connectivity index (χ2v) is 6.25. The van der Waals surface area contributed by atoms with E-state index in [0.29, 0.717) is 25.7 Å². The number of methoxy groups -OCH3 is 1. The minimum Gasteiger partial charge on any atom is -0.468 e. The summed E-state index contributed by atoms with van der Waals surface area (Å²) in [5.41, 5.74) is 0. The lowest BCUT2D eigenvalue weighted by Crippen LogP contribution is -2.52. The van der Waals surface area contributed by atoms with E-state index in [1.807, 2.05) is 0 Å². The van der Waals surface area contributed by atoms with E-state index < -0.39 is 41.7 Å². The molecule has 1 rings (SSSR count). The fourth-order valence-corrected chi connectivity index (χ4v) is 2.82.